The Morgan fingerprint density at radius 2 is 2.10 bits per heavy atom. The molecule has 160 valence electrons. The molecule has 0 fully saturated rings. The van der Waals surface area contributed by atoms with Crippen molar-refractivity contribution in [2.24, 2.45) is 4.99 Å². The molecule has 30 heavy (non-hydrogen) atoms. The van der Waals surface area contributed by atoms with Crippen molar-refractivity contribution in [2.45, 2.75) is 40.0 Å². The SMILES string of the molecule is CCNC(=NCc1ncc(-c2ccc(C)cc2)o1)N(C)Cc1csc(C(C)OC)n1. The molecule has 0 saturated carbocycles. The summed E-state index contributed by atoms with van der Waals surface area (Å²) in [6.07, 6.45) is 1.75. The zero-order chi connectivity index (χ0) is 21.5. The van der Waals surface area contributed by atoms with Crippen LogP contribution in [0.2, 0.25) is 0 Å². The van der Waals surface area contributed by atoms with Crippen molar-refractivity contribution in [1.82, 2.24) is 20.2 Å². The van der Waals surface area contributed by atoms with E-state index in [1.807, 2.05) is 37.9 Å². The average Bonchev–Trinajstić information content (AvgIpc) is 3.41. The van der Waals surface area contributed by atoms with Gasteiger partial charge >= 0.3 is 0 Å². The van der Waals surface area contributed by atoms with Crippen molar-refractivity contribution >= 4 is 17.3 Å². The molecule has 1 aromatic carbocycles. The molecule has 0 bridgehead atoms. The number of aryl methyl sites for hydroxylation is 1. The molecule has 8 heteroatoms. The van der Waals surface area contributed by atoms with Gasteiger partial charge in [-0.05, 0) is 20.8 Å². The van der Waals surface area contributed by atoms with Crippen LogP contribution in [0.1, 0.15) is 42.1 Å². The Bertz CT molecular complexity index is 964. The number of guanidine groups is 1. The van der Waals surface area contributed by atoms with Crippen LogP contribution in [0, 0.1) is 6.92 Å². The van der Waals surface area contributed by atoms with E-state index in [4.69, 9.17) is 9.15 Å². The molecule has 1 unspecified atom stereocenters. The highest BCUT2D eigenvalue weighted by Crippen LogP contribution is 2.22. The molecular formula is C22H29N5O2S. The van der Waals surface area contributed by atoms with Crippen molar-refractivity contribution in [3.8, 4) is 11.3 Å². The van der Waals surface area contributed by atoms with Gasteiger partial charge in [-0.25, -0.2) is 15.0 Å². The van der Waals surface area contributed by atoms with E-state index in [0.29, 0.717) is 19.0 Å². The zero-order valence-electron chi connectivity index (χ0n) is 18.2. The van der Waals surface area contributed by atoms with Gasteiger partial charge in [0, 0.05) is 31.6 Å². The summed E-state index contributed by atoms with van der Waals surface area (Å²) in [5.41, 5.74) is 3.21. The first-order valence-corrected chi connectivity index (χ1v) is 10.9. The lowest BCUT2D eigenvalue weighted by molar-refractivity contribution is 0.119. The van der Waals surface area contributed by atoms with Crippen molar-refractivity contribution in [3.05, 3.63) is 58.0 Å². The maximum absolute atomic E-state index is 5.89. The normalized spacial score (nSPS) is 12.8. The fourth-order valence-corrected chi connectivity index (χ4v) is 3.69. The molecule has 0 aliphatic rings. The van der Waals surface area contributed by atoms with Gasteiger partial charge in [-0.1, -0.05) is 29.8 Å². The molecule has 1 atom stereocenters. The van der Waals surface area contributed by atoms with E-state index in [0.717, 1.165) is 34.5 Å². The second kappa shape index (κ2) is 10.4. The van der Waals surface area contributed by atoms with Gasteiger partial charge < -0.3 is 19.4 Å². The molecule has 0 aliphatic carbocycles. The maximum Gasteiger partial charge on any atom is 0.216 e. The van der Waals surface area contributed by atoms with E-state index in [2.05, 4.69) is 44.7 Å². The van der Waals surface area contributed by atoms with Crippen LogP contribution < -0.4 is 5.32 Å². The van der Waals surface area contributed by atoms with Crippen molar-refractivity contribution in [3.63, 3.8) is 0 Å². The van der Waals surface area contributed by atoms with Crippen LogP contribution in [-0.2, 0) is 17.8 Å². The molecule has 2 heterocycles. The lowest BCUT2D eigenvalue weighted by Gasteiger charge is -2.21. The van der Waals surface area contributed by atoms with Crippen molar-refractivity contribution in [1.29, 1.82) is 0 Å². The van der Waals surface area contributed by atoms with Crippen LogP contribution in [0.4, 0.5) is 0 Å². The number of methoxy groups -OCH3 is 1. The Hall–Kier alpha value is -2.71. The third kappa shape index (κ3) is 5.67. The lowest BCUT2D eigenvalue weighted by Crippen LogP contribution is -2.38. The summed E-state index contributed by atoms with van der Waals surface area (Å²) in [5.74, 6) is 2.11. The van der Waals surface area contributed by atoms with E-state index >= 15 is 0 Å². The van der Waals surface area contributed by atoms with Gasteiger partial charge in [0.05, 0.1) is 18.4 Å². The Morgan fingerprint density at radius 3 is 2.80 bits per heavy atom. The number of nitrogens with one attached hydrogen (secondary N) is 1. The summed E-state index contributed by atoms with van der Waals surface area (Å²) in [6, 6.07) is 8.19. The standard InChI is InChI=1S/C22H29N5O2S/c1-6-23-22(27(4)13-18-14-30-21(26-18)16(3)28-5)25-12-20-24-11-19(29-20)17-9-7-15(2)8-10-17/h7-11,14,16H,6,12-13H2,1-5H3,(H,23,25). The van der Waals surface area contributed by atoms with Gasteiger partial charge in [-0.2, -0.15) is 0 Å². The van der Waals surface area contributed by atoms with Crippen LogP contribution in [0.15, 0.2) is 45.3 Å². The molecule has 0 spiro atoms. The van der Waals surface area contributed by atoms with Gasteiger partial charge in [0.25, 0.3) is 0 Å². The fourth-order valence-electron chi connectivity index (χ4n) is 2.85. The molecule has 7 nitrogen and oxygen atoms in total. The number of hydrogen-bond donors (Lipinski definition) is 1. The van der Waals surface area contributed by atoms with Gasteiger partial charge in [0.1, 0.15) is 17.7 Å². The van der Waals surface area contributed by atoms with E-state index in [-0.39, 0.29) is 6.10 Å². The number of ether oxygens (including phenoxy) is 1. The van der Waals surface area contributed by atoms with Gasteiger partial charge in [0.2, 0.25) is 5.89 Å². The first-order valence-electron chi connectivity index (χ1n) is 9.98. The molecule has 3 aromatic rings. The number of nitrogens with zero attached hydrogens (tertiary/aromatic N) is 4. The maximum atomic E-state index is 5.89. The molecule has 0 saturated heterocycles. The van der Waals surface area contributed by atoms with Gasteiger partial charge in [0.15, 0.2) is 11.7 Å². The summed E-state index contributed by atoms with van der Waals surface area (Å²) >= 11 is 1.61. The highest BCUT2D eigenvalue weighted by molar-refractivity contribution is 7.09. The molecule has 1 N–H and O–H groups in total. The first-order chi connectivity index (χ1) is 14.5. The molecule has 0 amide bonds. The number of aliphatic imine (C=N–C) groups is 1. The number of rotatable bonds is 8. The zero-order valence-corrected chi connectivity index (χ0v) is 19.0. The van der Waals surface area contributed by atoms with Crippen LogP contribution in [0.5, 0.6) is 0 Å². The summed E-state index contributed by atoms with van der Waals surface area (Å²) in [7, 11) is 3.69. The van der Waals surface area contributed by atoms with Crippen LogP contribution in [0.25, 0.3) is 11.3 Å². The molecule has 2 aromatic heterocycles. The van der Waals surface area contributed by atoms with Crippen LogP contribution >= 0.6 is 11.3 Å². The second-order valence-corrected chi connectivity index (χ2v) is 7.96. The largest absolute Gasteiger partial charge is 0.439 e. The Labute approximate surface area is 181 Å². The number of thiazole rings is 1. The van der Waals surface area contributed by atoms with E-state index in [9.17, 15) is 0 Å². The van der Waals surface area contributed by atoms with E-state index < -0.39 is 0 Å². The monoisotopic (exact) mass is 427 g/mol. The number of aromatic nitrogens is 2. The minimum absolute atomic E-state index is 0.00344. The Morgan fingerprint density at radius 1 is 1.33 bits per heavy atom. The van der Waals surface area contributed by atoms with Crippen molar-refractivity contribution < 1.29 is 9.15 Å². The molecular weight excluding hydrogens is 398 g/mol. The van der Waals surface area contributed by atoms with Crippen molar-refractivity contribution in [2.75, 3.05) is 20.7 Å². The summed E-state index contributed by atoms with van der Waals surface area (Å²) < 4.78 is 11.2. The van der Waals surface area contributed by atoms with Gasteiger partial charge in [-0.15, -0.1) is 11.3 Å². The van der Waals surface area contributed by atoms with Crippen LogP contribution in [0.3, 0.4) is 0 Å². The molecule has 3 rings (SSSR count). The minimum Gasteiger partial charge on any atom is -0.439 e. The Kier molecular flexibility index (Phi) is 7.59. The number of oxazole rings is 1. The summed E-state index contributed by atoms with van der Waals surface area (Å²) in [5, 5.41) is 6.36. The smallest absolute Gasteiger partial charge is 0.216 e. The summed E-state index contributed by atoms with van der Waals surface area (Å²) in [4.78, 5) is 15.8. The number of benzene rings is 1. The predicted octanol–water partition coefficient (Wildman–Crippen LogP) is 4.41. The third-order valence-corrected chi connectivity index (χ3v) is 5.67. The number of hydrogen-bond acceptors (Lipinski definition) is 6. The highest BCUT2D eigenvalue weighted by Gasteiger charge is 2.13. The third-order valence-electron chi connectivity index (χ3n) is 4.62. The Balaban J connectivity index is 1.66. The highest BCUT2D eigenvalue weighted by atomic mass is 32.1. The second-order valence-electron chi connectivity index (χ2n) is 7.07. The topological polar surface area (TPSA) is 75.8 Å². The minimum atomic E-state index is 0.00344. The molecule has 0 aliphatic heterocycles. The predicted molar refractivity (Wildman–Crippen MR) is 120 cm³/mol. The average molecular weight is 428 g/mol. The van der Waals surface area contributed by atoms with Gasteiger partial charge in [-0.3, -0.25) is 0 Å². The quantitative estimate of drug-likeness (QED) is 0.424. The van der Waals surface area contributed by atoms with E-state index in [1.54, 1.807) is 24.6 Å². The lowest BCUT2D eigenvalue weighted by atomic mass is 10.1. The van der Waals surface area contributed by atoms with Crippen LogP contribution in [-0.4, -0.2) is 41.5 Å². The van der Waals surface area contributed by atoms with E-state index in [1.165, 1.54) is 5.56 Å². The summed E-state index contributed by atoms with van der Waals surface area (Å²) in [6.45, 7) is 7.89. The molecule has 0 radical (unpaired) electrons. The first kappa shape index (κ1) is 22.0. The fraction of sp³-hybridized carbons (Fsp3) is 0.409.